The van der Waals surface area contributed by atoms with Crippen molar-refractivity contribution in [1.82, 2.24) is 15.5 Å². The Hall–Kier alpha value is -1.17. The molecule has 0 saturated heterocycles. The number of nitrogen functional groups attached to an aromatic ring is 1. The Bertz CT molecular complexity index is 393. The molecule has 2 rings (SSSR count). The largest absolute Gasteiger partial charge is 0.374 e. The Balaban J connectivity index is 1.90. The molecule has 2 unspecified atom stereocenters. The lowest BCUT2D eigenvalue weighted by Gasteiger charge is -2.28. The molecule has 1 fully saturated rings. The van der Waals surface area contributed by atoms with Crippen LogP contribution in [0.1, 0.15) is 48.8 Å². The second kappa shape index (κ2) is 5.44. The maximum absolute atomic E-state index is 11.9. The maximum atomic E-state index is 11.9. The summed E-state index contributed by atoms with van der Waals surface area (Å²) in [6.45, 7) is 2.21. The first-order valence-electron chi connectivity index (χ1n) is 6.09. The molecule has 0 bridgehead atoms. The highest BCUT2D eigenvalue weighted by Gasteiger charge is 2.23. The molecule has 1 aliphatic carbocycles. The van der Waals surface area contributed by atoms with Crippen molar-refractivity contribution in [3.05, 3.63) is 5.01 Å². The molecule has 0 spiro atoms. The highest BCUT2D eigenvalue weighted by molar-refractivity contribution is 7.16. The Morgan fingerprint density at radius 1 is 1.53 bits per heavy atom. The minimum Gasteiger partial charge on any atom is -0.374 e. The Kier molecular flexibility index (Phi) is 3.93. The van der Waals surface area contributed by atoms with Crippen LogP contribution in [0.4, 0.5) is 5.13 Å². The van der Waals surface area contributed by atoms with Gasteiger partial charge in [-0.1, -0.05) is 37.5 Å². The average molecular weight is 254 g/mol. The zero-order valence-corrected chi connectivity index (χ0v) is 10.8. The summed E-state index contributed by atoms with van der Waals surface area (Å²) < 4.78 is 0. The SMILES string of the molecule is CCC1CCCC(NC(=O)c2nnc(N)s2)C1. The molecule has 5 nitrogen and oxygen atoms in total. The van der Waals surface area contributed by atoms with Crippen LogP contribution in [-0.2, 0) is 0 Å². The van der Waals surface area contributed by atoms with Crippen molar-refractivity contribution < 1.29 is 4.79 Å². The van der Waals surface area contributed by atoms with Crippen LogP contribution in [0.3, 0.4) is 0 Å². The molecule has 1 aliphatic rings. The minimum absolute atomic E-state index is 0.138. The molecule has 3 N–H and O–H groups in total. The van der Waals surface area contributed by atoms with E-state index in [0.717, 1.165) is 30.1 Å². The van der Waals surface area contributed by atoms with E-state index in [2.05, 4.69) is 22.4 Å². The van der Waals surface area contributed by atoms with E-state index in [1.54, 1.807) is 0 Å². The standard InChI is InChI=1S/C11H18N4OS/c1-2-7-4-3-5-8(6-7)13-9(16)10-14-15-11(12)17-10/h7-8H,2-6H2,1H3,(H2,12,15)(H,13,16). The van der Waals surface area contributed by atoms with Gasteiger partial charge < -0.3 is 11.1 Å². The number of nitrogens with one attached hydrogen (secondary N) is 1. The molecular formula is C11H18N4OS. The number of rotatable bonds is 3. The van der Waals surface area contributed by atoms with E-state index < -0.39 is 0 Å². The van der Waals surface area contributed by atoms with Gasteiger partial charge in [-0.25, -0.2) is 0 Å². The lowest BCUT2D eigenvalue weighted by molar-refractivity contribution is 0.0918. The van der Waals surface area contributed by atoms with Crippen LogP contribution >= 0.6 is 11.3 Å². The van der Waals surface area contributed by atoms with Gasteiger partial charge in [0, 0.05) is 6.04 Å². The number of nitrogens with zero attached hydrogens (tertiary/aromatic N) is 2. The molecule has 17 heavy (non-hydrogen) atoms. The molecule has 0 radical (unpaired) electrons. The third-order valence-corrected chi connectivity index (χ3v) is 4.08. The third kappa shape index (κ3) is 3.15. The third-order valence-electron chi connectivity index (χ3n) is 3.33. The van der Waals surface area contributed by atoms with Crippen molar-refractivity contribution in [2.75, 3.05) is 5.73 Å². The fourth-order valence-corrected chi connectivity index (χ4v) is 2.88. The number of anilines is 1. The summed E-state index contributed by atoms with van der Waals surface area (Å²) in [5.74, 6) is 0.606. The number of carbonyl (C=O) groups is 1. The molecule has 1 aromatic rings. The lowest BCUT2D eigenvalue weighted by Crippen LogP contribution is -2.38. The summed E-state index contributed by atoms with van der Waals surface area (Å²) >= 11 is 1.13. The van der Waals surface area contributed by atoms with Crippen molar-refractivity contribution >= 4 is 22.4 Å². The summed E-state index contributed by atoms with van der Waals surface area (Å²) in [5.41, 5.74) is 5.46. The highest BCUT2D eigenvalue weighted by atomic mass is 32.1. The molecule has 94 valence electrons. The normalized spacial score (nSPS) is 24.5. The van der Waals surface area contributed by atoms with Crippen molar-refractivity contribution in [3.63, 3.8) is 0 Å². The zero-order valence-electron chi connectivity index (χ0n) is 9.98. The summed E-state index contributed by atoms with van der Waals surface area (Å²) in [5, 5.41) is 11.1. The van der Waals surface area contributed by atoms with E-state index in [0.29, 0.717) is 10.1 Å². The monoisotopic (exact) mass is 254 g/mol. The van der Waals surface area contributed by atoms with Crippen LogP contribution in [0.15, 0.2) is 0 Å². The molecular weight excluding hydrogens is 236 g/mol. The minimum atomic E-state index is -0.138. The fourth-order valence-electron chi connectivity index (χ4n) is 2.37. The average Bonchev–Trinajstić information content (AvgIpc) is 2.76. The van der Waals surface area contributed by atoms with Gasteiger partial charge >= 0.3 is 0 Å². The predicted molar refractivity (Wildman–Crippen MR) is 67.8 cm³/mol. The fraction of sp³-hybridized carbons (Fsp3) is 0.727. The Morgan fingerprint density at radius 2 is 2.35 bits per heavy atom. The van der Waals surface area contributed by atoms with Crippen LogP contribution in [0.5, 0.6) is 0 Å². The van der Waals surface area contributed by atoms with Gasteiger partial charge in [0.25, 0.3) is 5.91 Å². The first kappa shape index (κ1) is 12.3. The molecule has 1 aromatic heterocycles. The van der Waals surface area contributed by atoms with Crippen LogP contribution in [0.2, 0.25) is 0 Å². The maximum Gasteiger partial charge on any atom is 0.282 e. The molecule has 2 atom stereocenters. The first-order chi connectivity index (χ1) is 8.19. The van der Waals surface area contributed by atoms with Gasteiger partial charge in [-0.05, 0) is 18.8 Å². The molecule has 0 aliphatic heterocycles. The van der Waals surface area contributed by atoms with Crippen LogP contribution in [-0.4, -0.2) is 22.1 Å². The topological polar surface area (TPSA) is 80.9 Å². The van der Waals surface area contributed by atoms with E-state index in [1.165, 1.54) is 19.3 Å². The first-order valence-corrected chi connectivity index (χ1v) is 6.90. The van der Waals surface area contributed by atoms with Crippen molar-refractivity contribution in [2.24, 2.45) is 5.92 Å². The van der Waals surface area contributed by atoms with Gasteiger partial charge in [0.1, 0.15) is 0 Å². The molecule has 1 saturated carbocycles. The lowest BCUT2D eigenvalue weighted by atomic mass is 9.84. The smallest absolute Gasteiger partial charge is 0.282 e. The van der Waals surface area contributed by atoms with Gasteiger partial charge in [-0.3, -0.25) is 4.79 Å². The van der Waals surface area contributed by atoms with E-state index in [9.17, 15) is 4.79 Å². The van der Waals surface area contributed by atoms with E-state index in [1.807, 2.05) is 0 Å². The van der Waals surface area contributed by atoms with Gasteiger partial charge in [-0.2, -0.15) is 0 Å². The molecule has 0 aromatic carbocycles. The Labute approximate surface area is 105 Å². The van der Waals surface area contributed by atoms with Crippen LogP contribution < -0.4 is 11.1 Å². The highest BCUT2D eigenvalue weighted by Crippen LogP contribution is 2.26. The number of hydrogen-bond acceptors (Lipinski definition) is 5. The van der Waals surface area contributed by atoms with E-state index in [-0.39, 0.29) is 11.9 Å². The van der Waals surface area contributed by atoms with Gasteiger partial charge in [-0.15, -0.1) is 10.2 Å². The number of hydrogen-bond donors (Lipinski definition) is 2. The van der Waals surface area contributed by atoms with E-state index in [4.69, 9.17) is 5.73 Å². The number of carbonyl (C=O) groups excluding carboxylic acids is 1. The summed E-state index contributed by atoms with van der Waals surface area (Å²) in [7, 11) is 0. The van der Waals surface area contributed by atoms with Crippen molar-refractivity contribution in [1.29, 1.82) is 0 Å². The number of aromatic nitrogens is 2. The Morgan fingerprint density at radius 3 is 3.00 bits per heavy atom. The molecule has 6 heteroatoms. The summed E-state index contributed by atoms with van der Waals surface area (Å²) in [4.78, 5) is 11.9. The number of amides is 1. The van der Waals surface area contributed by atoms with Gasteiger partial charge in [0.2, 0.25) is 10.1 Å². The van der Waals surface area contributed by atoms with Crippen LogP contribution in [0.25, 0.3) is 0 Å². The van der Waals surface area contributed by atoms with Gasteiger partial charge in [0.15, 0.2) is 0 Å². The second-order valence-corrected chi connectivity index (χ2v) is 5.57. The van der Waals surface area contributed by atoms with E-state index >= 15 is 0 Å². The van der Waals surface area contributed by atoms with Gasteiger partial charge in [0.05, 0.1) is 0 Å². The number of nitrogens with two attached hydrogens (primary N) is 1. The van der Waals surface area contributed by atoms with Crippen molar-refractivity contribution in [2.45, 2.75) is 45.1 Å². The predicted octanol–water partition coefficient (Wildman–Crippen LogP) is 1.82. The summed E-state index contributed by atoms with van der Waals surface area (Å²) in [6, 6.07) is 0.284. The van der Waals surface area contributed by atoms with Crippen LogP contribution in [0, 0.1) is 5.92 Å². The zero-order chi connectivity index (χ0) is 12.3. The second-order valence-electron chi connectivity index (χ2n) is 4.56. The summed E-state index contributed by atoms with van der Waals surface area (Å²) in [6.07, 6.45) is 5.82. The molecule has 1 heterocycles. The quantitative estimate of drug-likeness (QED) is 0.862. The van der Waals surface area contributed by atoms with Crippen molar-refractivity contribution in [3.8, 4) is 0 Å². The molecule has 1 amide bonds.